The fourth-order valence-corrected chi connectivity index (χ4v) is 0.641. The molecule has 0 spiro atoms. The summed E-state index contributed by atoms with van der Waals surface area (Å²) < 4.78 is 23.5. The zero-order valence-electron chi connectivity index (χ0n) is 5.16. The molecule has 56 valence electrons. The predicted octanol–water partition coefficient (Wildman–Crippen LogP) is -0.218. The Morgan fingerprint density at radius 3 is 2.00 bits per heavy atom. The van der Waals surface area contributed by atoms with E-state index in [2.05, 4.69) is 19.5 Å². The number of nitrogens with one attached hydrogen (secondary N) is 1. The van der Waals surface area contributed by atoms with Crippen molar-refractivity contribution in [3.05, 3.63) is 0 Å². The highest BCUT2D eigenvalue weighted by Crippen LogP contribution is 2.45. The van der Waals surface area contributed by atoms with Crippen LogP contribution in [-0.2, 0) is 18.2 Å². The van der Waals surface area contributed by atoms with Crippen molar-refractivity contribution < 1.29 is 18.2 Å². The van der Waals surface area contributed by atoms with Crippen molar-refractivity contribution in [3.63, 3.8) is 0 Å². The third-order valence-electron chi connectivity index (χ3n) is 0.612. The second-order valence-corrected chi connectivity index (χ2v) is 2.83. The molecule has 0 aromatic carbocycles. The van der Waals surface area contributed by atoms with E-state index in [0.29, 0.717) is 0 Å². The van der Waals surface area contributed by atoms with E-state index in [1.54, 1.807) is 5.59 Å². The molecule has 7 heteroatoms. The topological polar surface area (TPSA) is 82.8 Å². The summed E-state index contributed by atoms with van der Waals surface area (Å²) in [6.45, 7) is 0. The molecule has 0 saturated heterocycles. The molecule has 0 aromatic heterocycles. The van der Waals surface area contributed by atoms with Gasteiger partial charge in [-0.05, 0) is 0 Å². The molecule has 9 heavy (non-hydrogen) atoms. The first-order valence-electron chi connectivity index (χ1n) is 2.04. The standard InChI is InChI=1S/C2H9N2O4P/c1-6-9(5,7-2)8-4-3/h4H,3H2,1-2H3. The lowest BCUT2D eigenvalue weighted by Gasteiger charge is -2.09. The van der Waals surface area contributed by atoms with Gasteiger partial charge in [-0.25, -0.2) is 10.4 Å². The fourth-order valence-electron chi connectivity index (χ4n) is 0.214. The maximum absolute atomic E-state index is 10.7. The number of hydrogen-bond acceptors (Lipinski definition) is 6. The average Bonchev–Trinajstić information content (AvgIpc) is 1.89. The Morgan fingerprint density at radius 2 is 1.89 bits per heavy atom. The van der Waals surface area contributed by atoms with Gasteiger partial charge in [0, 0.05) is 14.2 Å². The summed E-state index contributed by atoms with van der Waals surface area (Å²) in [7, 11) is -1.05. The first-order valence-corrected chi connectivity index (χ1v) is 3.50. The second kappa shape index (κ2) is 3.94. The normalized spacial score (nSPS) is 11.9. The maximum Gasteiger partial charge on any atom is 0.492 e. The van der Waals surface area contributed by atoms with E-state index in [4.69, 9.17) is 0 Å². The smallest absolute Gasteiger partial charge is 0.289 e. The molecular weight excluding hydrogens is 147 g/mol. The molecule has 0 radical (unpaired) electrons. The van der Waals surface area contributed by atoms with Gasteiger partial charge in [-0.1, -0.05) is 0 Å². The monoisotopic (exact) mass is 156 g/mol. The van der Waals surface area contributed by atoms with Crippen molar-refractivity contribution in [3.8, 4) is 0 Å². The van der Waals surface area contributed by atoms with E-state index < -0.39 is 7.82 Å². The Morgan fingerprint density at radius 1 is 1.44 bits per heavy atom. The van der Waals surface area contributed by atoms with E-state index in [1.165, 1.54) is 14.2 Å². The maximum atomic E-state index is 10.7. The summed E-state index contributed by atoms with van der Waals surface area (Å²) in [4.78, 5) is 0. The Bertz CT molecular complexity index is 109. The number of rotatable bonds is 4. The van der Waals surface area contributed by atoms with Gasteiger partial charge in [-0.3, -0.25) is 9.05 Å². The molecule has 0 unspecified atom stereocenters. The first-order chi connectivity index (χ1) is 4.18. The van der Waals surface area contributed by atoms with Gasteiger partial charge in [-0.15, -0.1) is 5.59 Å². The van der Waals surface area contributed by atoms with Crippen molar-refractivity contribution in [1.29, 1.82) is 0 Å². The predicted molar refractivity (Wildman–Crippen MR) is 30.0 cm³/mol. The van der Waals surface area contributed by atoms with E-state index in [0.717, 1.165) is 0 Å². The molecule has 0 aromatic rings. The number of phosphoric acid groups is 1. The molecule has 0 aliphatic carbocycles. The quantitative estimate of drug-likeness (QED) is 0.332. The highest BCUT2D eigenvalue weighted by molar-refractivity contribution is 7.48. The van der Waals surface area contributed by atoms with Gasteiger partial charge in [0.05, 0.1) is 0 Å². The lowest BCUT2D eigenvalue weighted by Crippen LogP contribution is -2.21. The van der Waals surface area contributed by atoms with Crippen LogP contribution in [0, 0.1) is 0 Å². The SMILES string of the molecule is COP(=O)(OC)ONN. The van der Waals surface area contributed by atoms with E-state index in [1.807, 2.05) is 0 Å². The Kier molecular flexibility index (Phi) is 3.96. The van der Waals surface area contributed by atoms with Crippen molar-refractivity contribution in [2.45, 2.75) is 0 Å². The van der Waals surface area contributed by atoms with Crippen LogP contribution in [0.5, 0.6) is 0 Å². The number of hydrogen-bond donors (Lipinski definition) is 2. The minimum Gasteiger partial charge on any atom is -0.289 e. The van der Waals surface area contributed by atoms with Crippen LogP contribution in [0.1, 0.15) is 0 Å². The van der Waals surface area contributed by atoms with Crippen molar-refractivity contribution in [1.82, 2.24) is 5.59 Å². The minimum absolute atomic E-state index is 1.18. The fraction of sp³-hybridized carbons (Fsp3) is 1.00. The van der Waals surface area contributed by atoms with E-state index in [9.17, 15) is 4.57 Å². The van der Waals surface area contributed by atoms with E-state index >= 15 is 0 Å². The van der Waals surface area contributed by atoms with Crippen LogP contribution < -0.4 is 11.4 Å². The summed E-state index contributed by atoms with van der Waals surface area (Å²) in [5.41, 5.74) is 1.70. The molecule has 3 N–H and O–H groups in total. The van der Waals surface area contributed by atoms with Gasteiger partial charge in [0.2, 0.25) is 0 Å². The molecule has 0 atom stereocenters. The van der Waals surface area contributed by atoms with E-state index in [-0.39, 0.29) is 0 Å². The lowest BCUT2D eigenvalue weighted by atomic mass is 11.8. The molecule has 0 heterocycles. The van der Waals surface area contributed by atoms with Gasteiger partial charge in [0.15, 0.2) is 0 Å². The molecule has 6 nitrogen and oxygen atoms in total. The van der Waals surface area contributed by atoms with Crippen molar-refractivity contribution in [2.75, 3.05) is 14.2 Å². The highest BCUT2D eigenvalue weighted by atomic mass is 31.2. The third kappa shape index (κ3) is 2.90. The highest BCUT2D eigenvalue weighted by Gasteiger charge is 2.21. The summed E-state index contributed by atoms with van der Waals surface area (Å²) in [6, 6.07) is 0. The molecule has 0 amide bonds. The molecule has 0 aliphatic rings. The van der Waals surface area contributed by atoms with Gasteiger partial charge in [0.25, 0.3) is 0 Å². The van der Waals surface area contributed by atoms with Crippen LogP contribution >= 0.6 is 7.82 Å². The molecule has 0 fully saturated rings. The zero-order chi connectivity index (χ0) is 7.33. The van der Waals surface area contributed by atoms with Gasteiger partial charge < -0.3 is 0 Å². The van der Waals surface area contributed by atoms with Gasteiger partial charge in [0.1, 0.15) is 0 Å². The van der Waals surface area contributed by atoms with Crippen LogP contribution in [0.4, 0.5) is 0 Å². The third-order valence-corrected chi connectivity index (χ3v) is 1.84. The van der Waals surface area contributed by atoms with Gasteiger partial charge >= 0.3 is 7.82 Å². The zero-order valence-corrected chi connectivity index (χ0v) is 6.05. The number of phosphoric ester groups is 1. The molecule has 0 bridgehead atoms. The minimum atomic E-state index is -3.42. The molecule has 0 rings (SSSR count). The van der Waals surface area contributed by atoms with Crippen molar-refractivity contribution >= 4 is 7.82 Å². The number of hydrazine groups is 1. The molecule has 0 saturated carbocycles. The summed E-state index contributed by atoms with van der Waals surface area (Å²) in [5, 5.41) is 0. The average molecular weight is 156 g/mol. The Labute approximate surface area is 52.8 Å². The molecule has 0 aliphatic heterocycles. The molecular formula is C2H9N2O4P. The Hall–Kier alpha value is 0.0300. The second-order valence-electron chi connectivity index (χ2n) is 1.02. The van der Waals surface area contributed by atoms with Crippen LogP contribution in [-0.4, -0.2) is 14.2 Å². The lowest BCUT2D eigenvalue weighted by molar-refractivity contribution is 0.0979. The summed E-state index contributed by atoms with van der Waals surface area (Å²) >= 11 is 0. The summed E-state index contributed by atoms with van der Waals surface area (Å²) in [6.07, 6.45) is 0. The van der Waals surface area contributed by atoms with Gasteiger partial charge in [-0.2, -0.15) is 4.62 Å². The van der Waals surface area contributed by atoms with Crippen molar-refractivity contribution in [2.24, 2.45) is 5.84 Å². The Balaban J connectivity index is 3.78. The van der Waals surface area contributed by atoms with Crippen LogP contribution in [0.2, 0.25) is 0 Å². The first kappa shape index (κ1) is 9.03. The summed E-state index contributed by atoms with van der Waals surface area (Å²) in [5.74, 6) is 4.66. The largest absolute Gasteiger partial charge is 0.492 e. The van der Waals surface area contributed by atoms with Crippen LogP contribution in [0.15, 0.2) is 0 Å². The number of nitrogens with two attached hydrogens (primary N) is 1. The van der Waals surface area contributed by atoms with Crippen LogP contribution in [0.3, 0.4) is 0 Å². The van der Waals surface area contributed by atoms with Crippen LogP contribution in [0.25, 0.3) is 0 Å².